The summed E-state index contributed by atoms with van der Waals surface area (Å²) in [7, 11) is 0. The van der Waals surface area contributed by atoms with Crippen molar-refractivity contribution in [3.05, 3.63) is 47.0 Å². The predicted octanol–water partition coefficient (Wildman–Crippen LogP) is 2.31. The van der Waals surface area contributed by atoms with Crippen molar-refractivity contribution in [2.45, 2.75) is 51.9 Å². The molecule has 24 heavy (non-hydrogen) atoms. The average molecular weight is 331 g/mol. The molecule has 1 aliphatic rings. The van der Waals surface area contributed by atoms with Crippen LogP contribution in [0.5, 0.6) is 0 Å². The van der Waals surface area contributed by atoms with E-state index in [2.05, 4.69) is 5.32 Å². The summed E-state index contributed by atoms with van der Waals surface area (Å²) < 4.78 is 5.22. The van der Waals surface area contributed by atoms with E-state index in [1.165, 1.54) is 0 Å². The van der Waals surface area contributed by atoms with Gasteiger partial charge in [-0.1, -0.05) is 30.3 Å². The number of carbonyl (C=O) groups is 2. The lowest BCUT2D eigenvalue weighted by Gasteiger charge is -2.20. The lowest BCUT2D eigenvalue weighted by Crippen LogP contribution is -2.34. The number of nitrogens with one attached hydrogen (secondary N) is 1. The predicted molar refractivity (Wildman–Crippen MR) is 91.4 cm³/mol. The van der Waals surface area contributed by atoms with Gasteiger partial charge in [-0.2, -0.15) is 0 Å². The van der Waals surface area contributed by atoms with E-state index in [-0.39, 0.29) is 23.8 Å². The number of hydrogen-bond acceptors (Lipinski definition) is 5. The number of cyclic esters (lactones) is 1. The molecule has 1 aromatic rings. The SMILES string of the molecule is CC1=C(C(=O)CCNC(C)C(O)c2ccccc2)C(=O)OC1(C)C. The lowest BCUT2D eigenvalue weighted by atomic mass is 9.94. The Morgan fingerprint density at radius 3 is 2.46 bits per heavy atom. The number of ether oxygens (including phenoxy) is 1. The number of aliphatic hydroxyl groups excluding tert-OH is 1. The highest BCUT2D eigenvalue weighted by Gasteiger charge is 2.40. The Kier molecular flexibility index (Phi) is 5.57. The van der Waals surface area contributed by atoms with Crippen molar-refractivity contribution >= 4 is 11.8 Å². The van der Waals surface area contributed by atoms with Gasteiger partial charge < -0.3 is 15.2 Å². The van der Waals surface area contributed by atoms with Gasteiger partial charge in [0.05, 0.1) is 6.10 Å². The smallest absolute Gasteiger partial charge is 0.342 e. The van der Waals surface area contributed by atoms with Gasteiger partial charge in [-0.05, 0) is 38.8 Å². The van der Waals surface area contributed by atoms with Crippen LogP contribution in [0.4, 0.5) is 0 Å². The quantitative estimate of drug-likeness (QED) is 0.592. The van der Waals surface area contributed by atoms with Crippen LogP contribution in [-0.2, 0) is 14.3 Å². The zero-order chi connectivity index (χ0) is 17.9. The molecule has 0 amide bonds. The van der Waals surface area contributed by atoms with Gasteiger partial charge in [0, 0.05) is 19.0 Å². The molecule has 0 bridgehead atoms. The highest BCUT2D eigenvalue weighted by molar-refractivity contribution is 6.19. The zero-order valence-electron chi connectivity index (χ0n) is 14.6. The number of hydrogen-bond donors (Lipinski definition) is 2. The molecule has 0 radical (unpaired) electrons. The summed E-state index contributed by atoms with van der Waals surface area (Å²) in [6.07, 6.45) is -0.471. The molecule has 130 valence electrons. The van der Waals surface area contributed by atoms with Crippen molar-refractivity contribution in [2.75, 3.05) is 6.54 Å². The van der Waals surface area contributed by atoms with E-state index in [1.807, 2.05) is 37.3 Å². The Balaban J connectivity index is 1.89. The Bertz CT molecular complexity index is 649. The third-order valence-electron chi connectivity index (χ3n) is 4.54. The number of ketones is 1. The minimum atomic E-state index is -0.716. The Labute approximate surface area is 142 Å². The van der Waals surface area contributed by atoms with Gasteiger partial charge in [-0.25, -0.2) is 4.79 Å². The van der Waals surface area contributed by atoms with Crippen LogP contribution in [0.25, 0.3) is 0 Å². The number of carbonyl (C=O) groups excluding carboxylic acids is 2. The van der Waals surface area contributed by atoms with Crippen molar-refractivity contribution < 1.29 is 19.4 Å². The first kappa shape index (κ1) is 18.4. The molecular weight excluding hydrogens is 306 g/mol. The summed E-state index contributed by atoms with van der Waals surface area (Å²) in [4.78, 5) is 24.2. The molecule has 2 unspecified atom stereocenters. The van der Waals surface area contributed by atoms with Crippen molar-refractivity contribution in [1.29, 1.82) is 0 Å². The fourth-order valence-electron chi connectivity index (χ4n) is 2.73. The van der Waals surface area contributed by atoms with Gasteiger partial charge in [-0.3, -0.25) is 4.79 Å². The highest BCUT2D eigenvalue weighted by atomic mass is 16.6. The summed E-state index contributed by atoms with van der Waals surface area (Å²) >= 11 is 0. The molecule has 5 nitrogen and oxygen atoms in total. The zero-order valence-corrected chi connectivity index (χ0v) is 14.6. The molecule has 0 spiro atoms. The van der Waals surface area contributed by atoms with E-state index < -0.39 is 17.7 Å². The van der Waals surface area contributed by atoms with Crippen molar-refractivity contribution in [2.24, 2.45) is 0 Å². The summed E-state index contributed by atoms with van der Waals surface area (Å²) in [5.74, 6) is -0.767. The molecule has 0 aliphatic carbocycles. The van der Waals surface area contributed by atoms with Gasteiger partial charge in [0.1, 0.15) is 11.2 Å². The molecule has 0 aromatic heterocycles. The van der Waals surface area contributed by atoms with Gasteiger partial charge in [0.15, 0.2) is 5.78 Å². The van der Waals surface area contributed by atoms with E-state index in [0.29, 0.717) is 12.1 Å². The average Bonchev–Trinajstić information content (AvgIpc) is 2.74. The molecule has 0 fully saturated rings. The highest BCUT2D eigenvalue weighted by Crippen LogP contribution is 2.32. The van der Waals surface area contributed by atoms with Crippen molar-refractivity contribution in [1.82, 2.24) is 5.32 Å². The van der Waals surface area contributed by atoms with Crippen LogP contribution < -0.4 is 5.32 Å². The summed E-state index contributed by atoms with van der Waals surface area (Å²) in [6, 6.07) is 9.15. The lowest BCUT2D eigenvalue weighted by molar-refractivity contribution is -0.145. The summed E-state index contributed by atoms with van der Waals surface area (Å²) in [5, 5.41) is 13.4. The van der Waals surface area contributed by atoms with Crippen LogP contribution in [0.1, 0.15) is 45.8 Å². The van der Waals surface area contributed by atoms with E-state index >= 15 is 0 Å². The monoisotopic (exact) mass is 331 g/mol. The first-order valence-corrected chi connectivity index (χ1v) is 8.18. The Hall–Kier alpha value is -1.98. The second kappa shape index (κ2) is 7.28. The fraction of sp³-hybridized carbons (Fsp3) is 0.474. The third-order valence-corrected chi connectivity index (χ3v) is 4.54. The molecule has 1 aromatic carbocycles. The first-order chi connectivity index (χ1) is 11.2. The number of esters is 1. The minimum Gasteiger partial charge on any atom is -0.451 e. The summed E-state index contributed by atoms with van der Waals surface area (Å²) in [5.41, 5.74) is 0.947. The normalized spacial score (nSPS) is 19.1. The maximum Gasteiger partial charge on any atom is 0.342 e. The van der Waals surface area contributed by atoms with E-state index in [4.69, 9.17) is 4.74 Å². The molecule has 1 heterocycles. The van der Waals surface area contributed by atoms with Crippen molar-refractivity contribution in [3.8, 4) is 0 Å². The minimum absolute atomic E-state index is 0.165. The molecule has 1 aliphatic heterocycles. The van der Waals surface area contributed by atoms with Gasteiger partial charge in [0.2, 0.25) is 0 Å². The molecule has 2 N–H and O–H groups in total. The summed E-state index contributed by atoms with van der Waals surface area (Å²) in [6.45, 7) is 7.55. The molecule has 0 saturated heterocycles. The van der Waals surface area contributed by atoms with Crippen LogP contribution in [0.3, 0.4) is 0 Å². The first-order valence-electron chi connectivity index (χ1n) is 8.18. The van der Waals surface area contributed by atoms with E-state index in [0.717, 1.165) is 5.56 Å². The largest absolute Gasteiger partial charge is 0.451 e. The van der Waals surface area contributed by atoms with E-state index in [9.17, 15) is 14.7 Å². The fourth-order valence-corrected chi connectivity index (χ4v) is 2.73. The van der Waals surface area contributed by atoms with Gasteiger partial charge >= 0.3 is 5.97 Å². The third kappa shape index (κ3) is 3.91. The molecule has 2 rings (SSSR count). The van der Waals surface area contributed by atoms with Crippen LogP contribution in [0.15, 0.2) is 41.5 Å². The number of rotatable bonds is 7. The number of Topliss-reactive ketones (excluding diaryl/α,β-unsaturated/α-hetero) is 1. The second-order valence-corrected chi connectivity index (χ2v) is 6.67. The van der Waals surface area contributed by atoms with Crippen LogP contribution in [0, 0.1) is 0 Å². The maximum atomic E-state index is 12.3. The van der Waals surface area contributed by atoms with Crippen LogP contribution in [0.2, 0.25) is 0 Å². The van der Waals surface area contributed by atoms with Gasteiger partial charge in [0.25, 0.3) is 0 Å². The molecule has 5 heteroatoms. The molecule has 2 atom stereocenters. The number of benzene rings is 1. The van der Waals surface area contributed by atoms with Crippen LogP contribution in [-0.4, -0.2) is 35.0 Å². The maximum absolute atomic E-state index is 12.3. The van der Waals surface area contributed by atoms with Crippen molar-refractivity contribution in [3.63, 3.8) is 0 Å². The standard InChI is InChI=1S/C19H25NO4/c1-12-16(18(23)24-19(12,3)4)15(21)10-11-20-13(2)17(22)14-8-6-5-7-9-14/h5-9,13,17,20,22H,10-11H2,1-4H3. The molecule has 0 saturated carbocycles. The topological polar surface area (TPSA) is 75.6 Å². The van der Waals surface area contributed by atoms with E-state index in [1.54, 1.807) is 20.8 Å². The number of aliphatic hydroxyl groups is 1. The van der Waals surface area contributed by atoms with Gasteiger partial charge in [-0.15, -0.1) is 0 Å². The van der Waals surface area contributed by atoms with Crippen LogP contribution >= 0.6 is 0 Å². The second-order valence-electron chi connectivity index (χ2n) is 6.67. The Morgan fingerprint density at radius 1 is 1.29 bits per heavy atom. The molecular formula is C19H25NO4. The Morgan fingerprint density at radius 2 is 1.92 bits per heavy atom.